The van der Waals surface area contributed by atoms with Gasteiger partial charge in [0.15, 0.2) is 11.6 Å². The van der Waals surface area contributed by atoms with E-state index in [2.05, 4.69) is 23.1 Å². The summed E-state index contributed by atoms with van der Waals surface area (Å²) in [7, 11) is -4.66. The highest BCUT2D eigenvalue weighted by molar-refractivity contribution is 7.49. The number of nitrogens with zero attached hydrogens (tertiary/aromatic N) is 5. The van der Waals surface area contributed by atoms with E-state index in [9.17, 15) is 19.5 Å². The van der Waals surface area contributed by atoms with Gasteiger partial charge in [0.25, 0.3) is 0 Å². The Labute approximate surface area is 406 Å². The Morgan fingerprint density at radius 2 is 1.51 bits per heavy atom. The minimum atomic E-state index is -4.66. The van der Waals surface area contributed by atoms with Gasteiger partial charge < -0.3 is 29.2 Å². The first-order chi connectivity index (χ1) is 32.9. The Morgan fingerprint density at radius 1 is 0.868 bits per heavy atom. The number of aromatic nitrogens is 3. The first kappa shape index (κ1) is 53.2. The van der Waals surface area contributed by atoms with Gasteiger partial charge in [-0.05, 0) is 68.3 Å². The summed E-state index contributed by atoms with van der Waals surface area (Å²) in [5.41, 5.74) is 5.92. The van der Waals surface area contributed by atoms with Crippen LogP contribution in [0.15, 0.2) is 60.9 Å². The van der Waals surface area contributed by atoms with E-state index in [-0.39, 0.29) is 35.4 Å². The van der Waals surface area contributed by atoms with E-state index in [0.717, 1.165) is 31.7 Å². The Hall–Kier alpha value is -4.15. The summed E-state index contributed by atoms with van der Waals surface area (Å²) in [4.78, 5) is 4.07. The molecule has 2 aliphatic heterocycles. The molecule has 4 heterocycles. The number of nitrogen functional groups attached to an aromatic ring is 1. The molecule has 2 aromatic heterocycles. The molecule has 0 spiro atoms. The van der Waals surface area contributed by atoms with E-state index in [4.69, 9.17) is 49.9 Å². The van der Waals surface area contributed by atoms with Gasteiger partial charge >= 0.3 is 7.82 Å². The number of ether oxygens (including phenoxy) is 4. The predicted octanol–water partition coefficient (Wildman–Crippen LogP) is 13.1. The van der Waals surface area contributed by atoms with Crippen LogP contribution in [0.3, 0.4) is 0 Å². The summed E-state index contributed by atoms with van der Waals surface area (Å²) in [6, 6.07) is 18.1. The van der Waals surface area contributed by atoms with E-state index in [1.807, 2.05) is 6.07 Å². The molecule has 0 aliphatic carbocycles. The SMILES string of the molecule is CCCCCCCCCCCCCCCCCCCCC(COP(=O)(OC[C@@]1(C#N)OC(c2ccc3c(N)ncnn23)[C@@H]2OC(C)(C)O[C@@H]21)Oc1ccccc1Cl)OCc1cc(F)cc(C#N)c1. The fourth-order valence-electron chi connectivity index (χ4n) is 8.97. The molecule has 17 heteroatoms. The maximum Gasteiger partial charge on any atom is 0.530 e. The first-order valence-electron chi connectivity index (χ1n) is 24.6. The number of halogens is 2. The number of para-hydroxylation sites is 1. The smallest absolute Gasteiger partial charge is 0.402 e. The van der Waals surface area contributed by atoms with Crippen LogP contribution >= 0.6 is 19.4 Å². The van der Waals surface area contributed by atoms with Crippen molar-refractivity contribution in [2.45, 2.75) is 185 Å². The number of phosphoric ester groups is 1. The fraction of sp³-hybridized carbons (Fsp3) is 0.608. The maximum atomic E-state index is 14.9. The average Bonchev–Trinajstić information content (AvgIpc) is 3.99. The number of hydrogen-bond acceptors (Lipinski definition) is 13. The monoisotopic (exact) mass is 978 g/mol. The second kappa shape index (κ2) is 26.2. The molecule has 0 amide bonds. The summed E-state index contributed by atoms with van der Waals surface area (Å²) in [6.07, 6.45) is 20.9. The van der Waals surface area contributed by atoms with Crippen LogP contribution in [0.2, 0.25) is 5.02 Å². The van der Waals surface area contributed by atoms with Gasteiger partial charge in [0.1, 0.15) is 54.4 Å². The second-order valence-corrected chi connectivity index (χ2v) is 20.5. The summed E-state index contributed by atoms with van der Waals surface area (Å²) >= 11 is 6.49. The van der Waals surface area contributed by atoms with E-state index < -0.39 is 56.1 Å². The van der Waals surface area contributed by atoms with Crippen LogP contribution in [-0.2, 0) is 39.2 Å². The molecule has 370 valence electrons. The highest BCUT2D eigenvalue weighted by Gasteiger charge is 2.65. The summed E-state index contributed by atoms with van der Waals surface area (Å²) in [5.74, 6) is -1.41. The Morgan fingerprint density at radius 3 is 2.15 bits per heavy atom. The van der Waals surface area contributed by atoms with Crippen molar-refractivity contribution in [3.63, 3.8) is 0 Å². The molecular formula is C51H69ClFN6O8P. The molecule has 0 radical (unpaired) electrons. The predicted molar refractivity (Wildman–Crippen MR) is 258 cm³/mol. The number of nitrogens with two attached hydrogens (primary N) is 1. The summed E-state index contributed by atoms with van der Waals surface area (Å²) in [5, 5.41) is 24.8. The first-order valence-corrected chi connectivity index (χ1v) is 26.4. The Kier molecular flexibility index (Phi) is 20.5. The van der Waals surface area contributed by atoms with Crippen LogP contribution in [0.25, 0.3) is 5.52 Å². The number of rotatable bonds is 31. The number of nitriles is 2. The number of hydrogen-bond donors (Lipinski definition) is 1. The minimum absolute atomic E-state index is 0.0230. The molecule has 2 saturated heterocycles. The van der Waals surface area contributed by atoms with E-state index >= 15 is 0 Å². The van der Waals surface area contributed by atoms with E-state index in [1.165, 1.54) is 108 Å². The standard InChI is InChI=1S/C51H69ClFN6O8P/c1-4-5-6-7-8-9-10-11-12-13-14-15-16-17-18-19-20-21-24-41(61-33-39-29-38(32-54)30-40(53)31-39)34-62-68(60,67-45-26-23-22-25-42(45)52)63-36-51(35-55)48-47(64-50(2,3)66-48)46(65-51)43-27-28-44-49(56)57-37-58-59(43)44/h22-23,25-31,37,41,46-48H,4-21,24,33-34,36H2,1-3H3,(H2,56,57,58)/t41?,46?,47-,48-,51+,68?/m0/s1. The fourth-order valence-corrected chi connectivity index (χ4v) is 10.5. The highest BCUT2D eigenvalue weighted by atomic mass is 35.5. The topological polar surface area (TPSA) is 185 Å². The van der Waals surface area contributed by atoms with Crippen LogP contribution in [0.1, 0.15) is 166 Å². The third kappa shape index (κ3) is 15.2. The second-order valence-electron chi connectivity index (χ2n) is 18.5. The molecule has 0 bridgehead atoms. The van der Waals surface area contributed by atoms with Gasteiger partial charge in [-0.2, -0.15) is 15.6 Å². The normalized spacial score (nSPS) is 21.0. The molecular weight excluding hydrogens is 910 g/mol. The summed E-state index contributed by atoms with van der Waals surface area (Å²) in [6.45, 7) is 4.78. The van der Waals surface area contributed by atoms with Crippen molar-refractivity contribution >= 4 is 30.8 Å². The van der Waals surface area contributed by atoms with E-state index in [0.29, 0.717) is 23.2 Å². The van der Waals surface area contributed by atoms with Gasteiger partial charge in [-0.25, -0.2) is 18.5 Å². The van der Waals surface area contributed by atoms with Crippen molar-refractivity contribution in [3.05, 3.63) is 88.6 Å². The highest BCUT2D eigenvalue weighted by Crippen LogP contribution is 2.55. The molecule has 6 rings (SSSR count). The van der Waals surface area contributed by atoms with Crippen LogP contribution in [-0.4, -0.2) is 57.5 Å². The number of benzene rings is 2. The van der Waals surface area contributed by atoms with Crippen LogP contribution in [0.4, 0.5) is 10.2 Å². The Bertz CT molecular complexity index is 2340. The zero-order valence-corrected chi connectivity index (χ0v) is 41.6. The number of fused-ring (bicyclic) bond motifs is 2. The average molecular weight is 980 g/mol. The lowest BCUT2D eigenvalue weighted by atomic mass is 9.96. The third-order valence-electron chi connectivity index (χ3n) is 12.6. The largest absolute Gasteiger partial charge is 0.530 e. The van der Waals surface area contributed by atoms with Crippen LogP contribution < -0.4 is 10.3 Å². The van der Waals surface area contributed by atoms with Crippen LogP contribution in [0.5, 0.6) is 5.75 Å². The van der Waals surface area contributed by atoms with Gasteiger partial charge in [0.05, 0.1) is 41.7 Å². The van der Waals surface area contributed by atoms with Gasteiger partial charge in [-0.1, -0.05) is 146 Å². The number of anilines is 1. The maximum absolute atomic E-state index is 14.9. The van der Waals surface area contributed by atoms with Crippen molar-refractivity contribution in [2.75, 3.05) is 18.9 Å². The molecule has 4 aromatic rings. The van der Waals surface area contributed by atoms with Gasteiger partial charge in [0, 0.05) is 0 Å². The molecule has 6 atom stereocenters. The third-order valence-corrected chi connectivity index (χ3v) is 14.2. The van der Waals surface area contributed by atoms with E-state index in [1.54, 1.807) is 54.8 Å². The molecule has 2 aromatic carbocycles. The van der Waals surface area contributed by atoms with Gasteiger partial charge in [0.2, 0.25) is 5.60 Å². The van der Waals surface area contributed by atoms with Gasteiger partial charge in [-0.3, -0.25) is 9.05 Å². The quantitative estimate of drug-likeness (QED) is 0.0371. The molecule has 2 aliphatic rings. The van der Waals surface area contributed by atoms with Crippen molar-refractivity contribution in [3.8, 4) is 17.9 Å². The molecule has 14 nitrogen and oxygen atoms in total. The zero-order valence-electron chi connectivity index (χ0n) is 39.9. The Balaban J connectivity index is 1.07. The lowest BCUT2D eigenvalue weighted by Crippen LogP contribution is -2.46. The lowest BCUT2D eigenvalue weighted by Gasteiger charge is -2.30. The van der Waals surface area contributed by atoms with Crippen molar-refractivity contribution in [2.24, 2.45) is 0 Å². The minimum Gasteiger partial charge on any atom is -0.402 e. The lowest BCUT2D eigenvalue weighted by molar-refractivity contribution is -0.204. The molecule has 2 fully saturated rings. The zero-order chi connectivity index (χ0) is 48.4. The molecule has 68 heavy (non-hydrogen) atoms. The van der Waals surface area contributed by atoms with Crippen molar-refractivity contribution < 1.29 is 41.5 Å². The number of phosphoric acid groups is 1. The molecule has 0 saturated carbocycles. The number of unbranched alkanes of at least 4 members (excludes halogenated alkanes) is 17. The van der Waals surface area contributed by atoms with Crippen molar-refractivity contribution in [1.82, 2.24) is 14.6 Å². The summed E-state index contributed by atoms with van der Waals surface area (Å²) < 4.78 is 74.5. The molecule has 2 N–H and O–H groups in total. The van der Waals surface area contributed by atoms with Gasteiger partial charge in [-0.15, -0.1) is 0 Å². The van der Waals surface area contributed by atoms with Crippen LogP contribution in [0, 0.1) is 28.5 Å². The molecule has 3 unspecified atom stereocenters. The van der Waals surface area contributed by atoms with Crippen molar-refractivity contribution in [1.29, 1.82) is 10.5 Å².